The number of Topliss-reactive ketones (excluding diaryl/α,β-unsaturated/α-hetero) is 1. The highest BCUT2D eigenvalue weighted by atomic mass is 16.5. The predicted octanol–water partition coefficient (Wildman–Crippen LogP) is 5.47. The first kappa shape index (κ1) is 23.8. The second-order valence-corrected chi connectivity index (χ2v) is 7.93. The summed E-state index contributed by atoms with van der Waals surface area (Å²) < 4.78 is 21.6. The zero-order valence-corrected chi connectivity index (χ0v) is 19.7. The van der Waals surface area contributed by atoms with Crippen LogP contribution in [-0.4, -0.2) is 30.6 Å². The van der Waals surface area contributed by atoms with Crippen molar-refractivity contribution in [3.8, 4) is 11.5 Å². The summed E-state index contributed by atoms with van der Waals surface area (Å²) in [5.41, 5.74) is 2.87. The lowest BCUT2D eigenvalue weighted by Gasteiger charge is -2.11. The third-order valence-electron chi connectivity index (χ3n) is 5.57. The van der Waals surface area contributed by atoms with Crippen LogP contribution in [0.2, 0.25) is 0 Å². The van der Waals surface area contributed by atoms with Crippen LogP contribution in [0.4, 0.5) is 0 Å². The van der Waals surface area contributed by atoms with E-state index in [0.29, 0.717) is 35.0 Å². The summed E-state index contributed by atoms with van der Waals surface area (Å²) in [6.45, 7) is 3.65. The third-order valence-corrected chi connectivity index (χ3v) is 5.57. The summed E-state index contributed by atoms with van der Waals surface area (Å²) in [5, 5.41) is 5.92. The fourth-order valence-electron chi connectivity index (χ4n) is 3.56. The maximum absolute atomic E-state index is 12.4. The van der Waals surface area contributed by atoms with Crippen molar-refractivity contribution in [2.75, 3.05) is 13.7 Å². The number of fused-ring (bicyclic) bond motifs is 1. The van der Waals surface area contributed by atoms with Crippen molar-refractivity contribution in [2.24, 2.45) is 0 Å². The number of ether oxygens (including phenoxy) is 3. The van der Waals surface area contributed by atoms with Crippen molar-refractivity contribution in [1.82, 2.24) is 5.16 Å². The number of hydrogen-bond donors (Lipinski definition) is 0. The molecule has 0 spiro atoms. The number of aromatic nitrogens is 1. The predicted molar refractivity (Wildman–Crippen MR) is 132 cm³/mol. The van der Waals surface area contributed by atoms with E-state index in [2.05, 4.69) is 5.16 Å². The van der Waals surface area contributed by atoms with E-state index in [4.69, 9.17) is 18.7 Å². The van der Waals surface area contributed by atoms with E-state index in [-0.39, 0.29) is 12.4 Å². The summed E-state index contributed by atoms with van der Waals surface area (Å²) in [5.74, 6) is 0.890. The molecule has 0 fully saturated rings. The van der Waals surface area contributed by atoms with Crippen molar-refractivity contribution in [2.45, 2.75) is 20.5 Å². The first-order valence-electron chi connectivity index (χ1n) is 11.0. The van der Waals surface area contributed by atoms with Crippen LogP contribution >= 0.6 is 0 Å². The van der Waals surface area contributed by atoms with Crippen molar-refractivity contribution in [1.29, 1.82) is 0 Å². The number of ketones is 1. The van der Waals surface area contributed by atoms with Gasteiger partial charge in [-0.15, -0.1) is 0 Å². The average molecular weight is 472 g/mol. The number of methoxy groups -OCH3 is 1. The number of benzene rings is 3. The van der Waals surface area contributed by atoms with Gasteiger partial charge in [-0.3, -0.25) is 4.79 Å². The Morgan fingerprint density at radius 2 is 1.77 bits per heavy atom. The van der Waals surface area contributed by atoms with Gasteiger partial charge in [0, 0.05) is 11.6 Å². The normalized spacial score (nSPS) is 11.1. The molecule has 0 aliphatic heterocycles. The lowest BCUT2D eigenvalue weighted by Crippen LogP contribution is -2.12. The number of aryl methyl sites for hydroxylation is 2. The van der Waals surface area contributed by atoms with Crippen LogP contribution in [0, 0.1) is 13.8 Å². The molecule has 4 aromatic rings. The minimum Gasteiger partial charge on any atom is -0.493 e. The molecule has 1 heterocycles. The van der Waals surface area contributed by atoms with Gasteiger partial charge in [0.2, 0.25) is 0 Å². The average Bonchev–Trinajstić information content (AvgIpc) is 3.21. The molecule has 0 aliphatic carbocycles. The van der Waals surface area contributed by atoms with Gasteiger partial charge in [0.1, 0.15) is 12.4 Å². The highest BCUT2D eigenvalue weighted by Crippen LogP contribution is 2.30. The largest absolute Gasteiger partial charge is 0.493 e. The molecule has 7 nitrogen and oxygen atoms in total. The van der Waals surface area contributed by atoms with Gasteiger partial charge < -0.3 is 18.7 Å². The number of rotatable bonds is 9. The van der Waals surface area contributed by atoms with Gasteiger partial charge in [-0.25, -0.2) is 4.79 Å². The van der Waals surface area contributed by atoms with Crippen molar-refractivity contribution >= 4 is 28.6 Å². The molecule has 0 aliphatic rings. The van der Waals surface area contributed by atoms with Crippen LogP contribution in [0.1, 0.15) is 32.9 Å². The van der Waals surface area contributed by atoms with E-state index < -0.39 is 5.97 Å². The smallest absolute Gasteiger partial charge is 0.331 e. The van der Waals surface area contributed by atoms with Crippen molar-refractivity contribution < 1.29 is 28.3 Å². The topological polar surface area (TPSA) is 87.9 Å². The molecule has 0 saturated heterocycles. The quantitative estimate of drug-likeness (QED) is 0.182. The summed E-state index contributed by atoms with van der Waals surface area (Å²) in [7, 11) is 1.54. The summed E-state index contributed by atoms with van der Waals surface area (Å²) in [6, 6.07) is 18.4. The minimum atomic E-state index is -0.614. The molecule has 3 aromatic carbocycles. The molecule has 0 atom stereocenters. The lowest BCUT2D eigenvalue weighted by molar-refractivity contribution is -0.136. The molecule has 0 amide bonds. The van der Waals surface area contributed by atoms with Gasteiger partial charge in [0.25, 0.3) is 0 Å². The summed E-state index contributed by atoms with van der Waals surface area (Å²) >= 11 is 0. The molecule has 0 unspecified atom stereocenters. The Morgan fingerprint density at radius 3 is 2.51 bits per heavy atom. The van der Waals surface area contributed by atoms with E-state index >= 15 is 0 Å². The maximum atomic E-state index is 12.4. The van der Waals surface area contributed by atoms with Crippen LogP contribution in [-0.2, 0) is 16.1 Å². The lowest BCUT2D eigenvalue weighted by atomic mass is 10.0. The highest BCUT2D eigenvalue weighted by molar-refractivity contribution is 6.01. The van der Waals surface area contributed by atoms with Gasteiger partial charge in [-0.2, -0.15) is 0 Å². The fourth-order valence-corrected chi connectivity index (χ4v) is 3.56. The van der Waals surface area contributed by atoms with E-state index in [1.165, 1.54) is 13.2 Å². The van der Waals surface area contributed by atoms with E-state index in [1.807, 2.05) is 44.2 Å². The van der Waals surface area contributed by atoms with E-state index in [0.717, 1.165) is 22.0 Å². The molecule has 0 N–H and O–H groups in total. The molecule has 0 saturated carbocycles. The molecule has 0 radical (unpaired) electrons. The number of hydrogen-bond acceptors (Lipinski definition) is 7. The van der Waals surface area contributed by atoms with Gasteiger partial charge in [0.05, 0.1) is 18.4 Å². The maximum Gasteiger partial charge on any atom is 0.331 e. The number of nitrogens with zero attached hydrogens (tertiary/aromatic N) is 1. The first-order valence-corrected chi connectivity index (χ1v) is 11.0. The molecular weight excluding hydrogens is 446 g/mol. The molecule has 7 heteroatoms. The molecule has 4 rings (SSSR count). The van der Waals surface area contributed by atoms with Crippen LogP contribution in [0.3, 0.4) is 0 Å². The number of carbonyl (C=O) groups excluding carboxylic acids is 2. The van der Waals surface area contributed by atoms with Gasteiger partial charge in [-0.1, -0.05) is 47.6 Å². The van der Waals surface area contributed by atoms with Gasteiger partial charge in [-0.05, 0) is 54.5 Å². The Balaban J connectivity index is 1.34. The van der Waals surface area contributed by atoms with Crippen LogP contribution < -0.4 is 9.47 Å². The third kappa shape index (κ3) is 5.76. The SMILES string of the molecule is COc1cc(/C=C/C(=O)OCC(=O)c2ccc3ccccc3c2)ccc1OCc1c(C)noc1C. The second-order valence-electron chi connectivity index (χ2n) is 7.93. The molecule has 178 valence electrons. The molecular formula is C28H25NO6. The molecule has 0 bridgehead atoms. The molecule has 1 aromatic heterocycles. The first-order chi connectivity index (χ1) is 16.9. The van der Waals surface area contributed by atoms with Crippen LogP contribution in [0.15, 0.2) is 71.3 Å². The highest BCUT2D eigenvalue weighted by Gasteiger charge is 2.12. The standard InChI is InChI=1S/C28H25NO6/c1-18-24(19(2)35-29-18)16-33-26-12-8-20(14-27(26)32-3)9-13-28(31)34-17-25(30)23-11-10-21-6-4-5-7-22(21)15-23/h4-15H,16-17H2,1-3H3/b13-9+. The Morgan fingerprint density at radius 1 is 0.971 bits per heavy atom. The monoisotopic (exact) mass is 471 g/mol. The van der Waals surface area contributed by atoms with Gasteiger partial charge >= 0.3 is 5.97 Å². The zero-order valence-electron chi connectivity index (χ0n) is 19.7. The Bertz CT molecular complexity index is 1380. The van der Waals surface area contributed by atoms with Crippen LogP contribution in [0.5, 0.6) is 11.5 Å². The number of esters is 1. The fraction of sp³-hybridized carbons (Fsp3) is 0.179. The summed E-state index contributed by atoms with van der Waals surface area (Å²) in [4.78, 5) is 24.6. The van der Waals surface area contributed by atoms with E-state index in [1.54, 1.807) is 36.4 Å². The molecule has 35 heavy (non-hydrogen) atoms. The van der Waals surface area contributed by atoms with Gasteiger partial charge in [0.15, 0.2) is 23.9 Å². The summed E-state index contributed by atoms with van der Waals surface area (Å²) in [6.07, 6.45) is 2.86. The number of carbonyl (C=O) groups is 2. The second kappa shape index (κ2) is 10.7. The Kier molecular flexibility index (Phi) is 7.26. The minimum absolute atomic E-state index is 0.265. The Labute approximate surface area is 202 Å². The van der Waals surface area contributed by atoms with E-state index in [9.17, 15) is 9.59 Å². The van der Waals surface area contributed by atoms with Crippen molar-refractivity contribution in [3.05, 3.63) is 94.9 Å². The zero-order chi connectivity index (χ0) is 24.8. The van der Waals surface area contributed by atoms with Crippen molar-refractivity contribution in [3.63, 3.8) is 0 Å². The Hall–Kier alpha value is -4.39. The van der Waals surface area contributed by atoms with Crippen LogP contribution in [0.25, 0.3) is 16.8 Å².